The van der Waals surface area contributed by atoms with Crippen molar-refractivity contribution >= 4 is 20.9 Å². The first-order valence-corrected chi connectivity index (χ1v) is 10.2. The van der Waals surface area contributed by atoms with Gasteiger partial charge in [0.25, 0.3) is 0 Å². The second-order valence-corrected chi connectivity index (χ2v) is 8.37. The Morgan fingerprint density at radius 2 is 1.96 bits per heavy atom. The highest BCUT2D eigenvalue weighted by atomic mass is 32.2. The van der Waals surface area contributed by atoms with Gasteiger partial charge in [-0.2, -0.15) is 0 Å². The molecule has 1 saturated heterocycles. The zero-order chi connectivity index (χ0) is 17.0. The van der Waals surface area contributed by atoms with Crippen molar-refractivity contribution in [3.8, 4) is 0 Å². The van der Waals surface area contributed by atoms with E-state index in [4.69, 9.17) is 0 Å². The Hall–Kier alpha value is -1.50. The zero-order valence-electron chi connectivity index (χ0n) is 14.1. The number of nitrogens with zero attached hydrogens (tertiary/aromatic N) is 2. The van der Waals surface area contributed by atoms with E-state index in [0.29, 0.717) is 19.0 Å². The summed E-state index contributed by atoms with van der Waals surface area (Å²) in [5.41, 5.74) is 1.56. The molecule has 0 saturated carbocycles. The summed E-state index contributed by atoms with van der Waals surface area (Å²) in [6.07, 6.45) is 3.57. The maximum absolute atomic E-state index is 12.8. The van der Waals surface area contributed by atoms with Crippen molar-refractivity contribution in [2.45, 2.75) is 25.5 Å². The summed E-state index contributed by atoms with van der Waals surface area (Å²) in [6.45, 7) is 5.29. The Balaban J connectivity index is 1.70. The molecular weight excluding hydrogens is 322 g/mol. The van der Waals surface area contributed by atoms with Crippen LogP contribution >= 0.6 is 0 Å². The lowest BCUT2D eigenvalue weighted by atomic mass is 9.98. The van der Waals surface area contributed by atoms with Gasteiger partial charge < -0.3 is 5.32 Å². The van der Waals surface area contributed by atoms with Crippen molar-refractivity contribution in [2.24, 2.45) is 5.92 Å². The third kappa shape index (κ3) is 3.94. The normalized spacial score (nSPS) is 17.4. The predicted octanol–water partition coefficient (Wildman–Crippen LogP) is 2.39. The van der Waals surface area contributed by atoms with Crippen LogP contribution in [0.3, 0.4) is 0 Å². The van der Waals surface area contributed by atoms with E-state index in [1.807, 2.05) is 30.3 Å². The van der Waals surface area contributed by atoms with Gasteiger partial charge in [0, 0.05) is 24.7 Å². The first-order chi connectivity index (χ1) is 11.6. The molecule has 1 aliphatic heterocycles. The molecule has 0 aliphatic carbocycles. The Morgan fingerprint density at radius 3 is 2.71 bits per heavy atom. The third-order valence-electron chi connectivity index (χ3n) is 4.70. The highest BCUT2D eigenvalue weighted by molar-refractivity contribution is 7.88. The van der Waals surface area contributed by atoms with Crippen molar-refractivity contribution in [3.05, 3.63) is 42.1 Å². The number of sulfonamides is 1. The van der Waals surface area contributed by atoms with Crippen molar-refractivity contribution in [3.63, 3.8) is 0 Å². The van der Waals surface area contributed by atoms with Crippen molar-refractivity contribution in [1.29, 1.82) is 0 Å². The van der Waals surface area contributed by atoms with E-state index in [9.17, 15) is 8.42 Å². The molecule has 24 heavy (non-hydrogen) atoms. The number of piperidine rings is 1. The zero-order valence-corrected chi connectivity index (χ0v) is 14.9. The van der Waals surface area contributed by atoms with E-state index in [0.717, 1.165) is 42.4 Å². The Bertz CT molecular complexity index is 778. The highest BCUT2D eigenvalue weighted by Gasteiger charge is 2.28. The summed E-state index contributed by atoms with van der Waals surface area (Å²) < 4.78 is 27.3. The number of para-hydroxylation sites is 1. The summed E-state index contributed by atoms with van der Waals surface area (Å²) in [6, 6.07) is 9.56. The molecule has 0 spiro atoms. The van der Waals surface area contributed by atoms with Gasteiger partial charge in [-0.15, -0.1) is 0 Å². The molecule has 1 fully saturated rings. The molecule has 0 unspecified atom stereocenters. The largest absolute Gasteiger partial charge is 0.317 e. The smallest absolute Gasteiger partial charge is 0.218 e. The van der Waals surface area contributed by atoms with Crippen LogP contribution in [0.4, 0.5) is 0 Å². The molecule has 2 aromatic rings. The maximum atomic E-state index is 12.8. The molecule has 1 aliphatic rings. The summed E-state index contributed by atoms with van der Waals surface area (Å²) in [5.74, 6) is 0.606. The molecular formula is C18H25N3O2S. The summed E-state index contributed by atoms with van der Waals surface area (Å²) in [5, 5.41) is 4.34. The van der Waals surface area contributed by atoms with E-state index >= 15 is 0 Å². The molecule has 130 valence electrons. The average molecular weight is 347 g/mol. The van der Waals surface area contributed by atoms with Gasteiger partial charge in [-0.1, -0.05) is 31.2 Å². The topological polar surface area (TPSA) is 62.3 Å². The lowest BCUT2D eigenvalue weighted by Gasteiger charge is -2.31. The molecule has 6 heteroatoms. The van der Waals surface area contributed by atoms with Crippen LogP contribution in [0.15, 0.2) is 36.5 Å². The van der Waals surface area contributed by atoms with Gasteiger partial charge >= 0.3 is 0 Å². The lowest BCUT2D eigenvalue weighted by molar-refractivity contribution is 0.268. The summed E-state index contributed by atoms with van der Waals surface area (Å²) in [4.78, 5) is 4.37. The Labute approximate surface area is 144 Å². The minimum atomic E-state index is -3.30. The van der Waals surface area contributed by atoms with Gasteiger partial charge in [0.05, 0.1) is 11.3 Å². The molecule has 0 amide bonds. The van der Waals surface area contributed by atoms with Crippen molar-refractivity contribution in [1.82, 2.24) is 14.6 Å². The van der Waals surface area contributed by atoms with Crippen molar-refractivity contribution < 1.29 is 8.42 Å². The summed E-state index contributed by atoms with van der Waals surface area (Å²) in [7, 11) is -3.30. The molecule has 5 nitrogen and oxygen atoms in total. The van der Waals surface area contributed by atoms with Gasteiger partial charge in [0.1, 0.15) is 0 Å². The van der Waals surface area contributed by atoms with Gasteiger partial charge in [0.2, 0.25) is 10.0 Å². The number of benzene rings is 1. The average Bonchev–Trinajstić information content (AvgIpc) is 2.60. The first kappa shape index (κ1) is 17.3. The van der Waals surface area contributed by atoms with Crippen LogP contribution in [-0.2, 0) is 15.8 Å². The second-order valence-electron chi connectivity index (χ2n) is 6.40. The molecule has 2 heterocycles. The molecule has 1 aromatic heterocycles. The van der Waals surface area contributed by atoms with Crippen LogP contribution in [0.5, 0.6) is 0 Å². The van der Waals surface area contributed by atoms with Crippen LogP contribution in [-0.4, -0.2) is 43.9 Å². The number of nitrogens with one attached hydrogen (secondary N) is 1. The molecule has 1 N–H and O–H groups in total. The first-order valence-electron chi connectivity index (χ1n) is 8.61. The number of aromatic nitrogens is 1. The third-order valence-corrected chi connectivity index (χ3v) is 6.53. The van der Waals surface area contributed by atoms with Gasteiger partial charge in [0.15, 0.2) is 0 Å². The lowest BCUT2D eigenvalue weighted by Crippen LogP contribution is -2.41. The number of hydrogen-bond donors (Lipinski definition) is 1. The quantitative estimate of drug-likeness (QED) is 0.871. The predicted molar refractivity (Wildman–Crippen MR) is 97.2 cm³/mol. The fourth-order valence-electron chi connectivity index (χ4n) is 3.31. The van der Waals surface area contributed by atoms with Crippen LogP contribution in [0.1, 0.15) is 25.3 Å². The monoisotopic (exact) mass is 347 g/mol. The molecule has 0 atom stereocenters. The van der Waals surface area contributed by atoms with E-state index < -0.39 is 10.0 Å². The SMILES string of the molecule is CCNCC1CCN(S(=O)(=O)Cc2cccc3cccnc23)CC1. The van der Waals surface area contributed by atoms with Crippen LogP contribution < -0.4 is 5.32 Å². The number of hydrogen-bond acceptors (Lipinski definition) is 4. The van der Waals surface area contributed by atoms with Gasteiger partial charge in [-0.25, -0.2) is 12.7 Å². The number of rotatable bonds is 6. The number of fused-ring (bicyclic) bond motifs is 1. The van der Waals surface area contributed by atoms with E-state index in [2.05, 4.69) is 17.2 Å². The van der Waals surface area contributed by atoms with Gasteiger partial charge in [-0.3, -0.25) is 4.98 Å². The minimum absolute atomic E-state index is 0.0270. The Morgan fingerprint density at radius 1 is 1.21 bits per heavy atom. The summed E-state index contributed by atoms with van der Waals surface area (Å²) >= 11 is 0. The van der Waals surface area contributed by atoms with Crippen molar-refractivity contribution in [2.75, 3.05) is 26.2 Å². The fourth-order valence-corrected chi connectivity index (χ4v) is 4.89. The molecule has 0 radical (unpaired) electrons. The fraction of sp³-hybridized carbons (Fsp3) is 0.500. The van der Waals surface area contributed by atoms with Crippen LogP contribution in [0.25, 0.3) is 10.9 Å². The van der Waals surface area contributed by atoms with E-state index in [1.54, 1.807) is 10.5 Å². The molecule has 1 aromatic carbocycles. The van der Waals surface area contributed by atoms with Gasteiger partial charge in [-0.05, 0) is 43.5 Å². The van der Waals surface area contributed by atoms with Crippen LogP contribution in [0.2, 0.25) is 0 Å². The van der Waals surface area contributed by atoms with E-state index in [-0.39, 0.29) is 5.75 Å². The highest BCUT2D eigenvalue weighted by Crippen LogP contribution is 2.23. The minimum Gasteiger partial charge on any atom is -0.317 e. The number of pyridine rings is 1. The standard InChI is InChI=1S/C18H25N3O2S/c1-2-19-13-15-8-11-21(12-9-15)24(22,23)14-17-6-3-5-16-7-4-10-20-18(16)17/h3-7,10,15,19H,2,8-9,11-14H2,1H3. The molecule has 3 rings (SSSR count). The molecule has 0 bridgehead atoms. The van der Waals surface area contributed by atoms with E-state index in [1.165, 1.54) is 0 Å². The van der Waals surface area contributed by atoms with Crippen LogP contribution in [0, 0.1) is 5.92 Å². The maximum Gasteiger partial charge on any atom is 0.218 e. The second kappa shape index (κ2) is 7.59. The Kier molecular flexibility index (Phi) is 5.48.